The highest BCUT2D eigenvalue weighted by Crippen LogP contribution is 2.27. The van der Waals surface area contributed by atoms with Crippen molar-refractivity contribution in [2.45, 2.75) is 72.6 Å². The van der Waals surface area contributed by atoms with Crippen LogP contribution in [0.2, 0.25) is 0 Å². The lowest BCUT2D eigenvalue weighted by atomic mass is 9.95. The van der Waals surface area contributed by atoms with E-state index >= 15 is 0 Å². The fourth-order valence-corrected chi connectivity index (χ4v) is 3.39. The number of benzene rings is 1. The Balaban J connectivity index is 3.26. The van der Waals surface area contributed by atoms with Gasteiger partial charge in [-0.15, -0.1) is 6.58 Å². The van der Waals surface area contributed by atoms with E-state index in [4.69, 9.17) is 9.47 Å². The zero-order valence-corrected chi connectivity index (χ0v) is 21.9. The molecule has 9 heteroatoms. The highest BCUT2D eigenvalue weighted by atomic mass is 16.6. The van der Waals surface area contributed by atoms with Crippen LogP contribution in [0.25, 0.3) is 0 Å². The molecule has 0 aliphatic rings. The molecular formula is C26H39N3O6. The number of carbonyl (C=O) groups excluding carboxylic acids is 4. The summed E-state index contributed by atoms with van der Waals surface area (Å²) in [6, 6.07) is 3.54. The molecule has 3 amide bonds. The van der Waals surface area contributed by atoms with Crippen LogP contribution in [0.1, 0.15) is 63.8 Å². The Morgan fingerprint density at radius 3 is 2.40 bits per heavy atom. The summed E-state index contributed by atoms with van der Waals surface area (Å²) < 4.78 is 10.2. The van der Waals surface area contributed by atoms with Gasteiger partial charge in [-0.1, -0.05) is 24.3 Å². The molecule has 0 aliphatic heterocycles. The van der Waals surface area contributed by atoms with Crippen molar-refractivity contribution >= 4 is 23.9 Å². The van der Waals surface area contributed by atoms with Crippen molar-refractivity contribution in [2.24, 2.45) is 0 Å². The summed E-state index contributed by atoms with van der Waals surface area (Å²) in [4.78, 5) is 52.2. The Morgan fingerprint density at radius 2 is 1.83 bits per heavy atom. The van der Waals surface area contributed by atoms with Crippen LogP contribution in [0.5, 0.6) is 0 Å². The second kappa shape index (κ2) is 13.5. The third kappa shape index (κ3) is 9.42. The Hall–Kier alpha value is -3.36. The topological polar surface area (TPSA) is 114 Å². The van der Waals surface area contributed by atoms with Gasteiger partial charge < -0.3 is 25.0 Å². The van der Waals surface area contributed by atoms with Crippen LogP contribution >= 0.6 is 0 Å². The highest BCUT2D eigenvalue weighted by molar-refractivity contribution is 5.92. The van der Waals surface area contributed by atoms with Crippen LogP contribution in [0.15, 0.2) is 30.9 Å². The number of rotatable bonds is 11. The molecule has 9 nitrogen and oxygen atoms in total. The number of nitrogens with one attached hydrogen (secondary N) is 2. The quantitative estimate of drug-likeness (QED) is 0.364. The van der Waals surface area contributed by atoms with Gasteiger partial charge in [-0.2, -0.15) is 0 Å². The lowest BCUT2D eigenvalue weighted by Gasteiger charge is -2.33. The molecule has 35 heavy (non-hydrogen) atoms. The van der Waals surface area contributed by atoms with Crippen LogP contribution in [-0.4, -0.2) is 60.1 Å². The van der Waals surface area contributed by atoms with E-state index < -0.39 is 41.6 Å². The summed E-state index contributed by atoms with van der Waals surface area (Å²) >= 11 is 0. The van der Waals surface area contributed by atoms with E-state index in [1.807, 2.05) is 26.0 Å². The van der Waals surface area contributed by atoms with Gasteiger partial charge in [0.25, 0.3) is 0 Å². The fraction of sp³-hybridized carbons (Fsp3) is 0.538. The fourth-order valence-electron chi connectivity index (χ4n) is 3.39. The number of ether oxygens (including phenoxy) is 2. The Kier molecular flexibility index (Phi) is 11.5. The number of esters is 1. The molecule has 0 spiro atoms. The average Bonchev–Trinajstić information content (AvgIpc) is 2.74. The first kappa shape index (κ1) is 29.7. The molecule has 0 aliphatic carbocycles. The highest BCUT2D eigenvalue weighted by Gasteiger charge is 2.35. The number of alkyl carbamates (subject to hydrolysis) is 1. The monoisotopic (exact) mass is 489 g/mol. The zero-order chi connectivity index (χ0) is 26.8. The Labute approximate surface area is 208 Å². The first-order chi connectivity index (χ1) is 16.3. The molecule has 2 unspecified atom stereocenters. The van der Waals surface area contributed by atoms with Gasteiger partial charge in [-0.05, 0) is 65.2 Å². The number of carbonyl (C=O) groups is 4. The van der Waals surface area contributed by atoms with E-state index in [1.54, 1.807) is 33.8 Å². The number of amides is 3. The smallest absolute Gasteiger partial charge is 0.408 e. The normalized spacial score (nSPS) is 12.7. The maximum Gasteiger partial charge on any atom is 0.408 e. The lowest BCUT2D eigenvalue weighted by molar-refractivity contribution is -0.144. The molecule has 1 aromatic rings. The minimum Gasteiger partial charge on any atom is -0.466 e. The number of aryl methyl sites for hydroxylation is 1. The largest absolute Gasteiger partial charge is 0.466 e. The molecule has 0 radical (unpaired) electrons. The lowest BCUT2D eigenvalue weighted by Crippen LogP contribution is -2.52. The second-order valence-corrected chi connectivity index (χ2v) is 9.18. The molecule has 0 fully saturated rings. The molecule has 2 atom stereocenters. The van der Waals surface area contributed by atoms with Gasteiger partial charge in [0.05, 0.1) is 13.0 Å². The van der Waals surface area contributed by atoms with Gasteiger partial charge >= 0.3 is 12.1 Å². The molecule has 0 saturated carbocycles. The van der Waals surface area contributed by atoms with Crippen molar-refractivity contribution in [3.63, 3.8) is 0 Å². The van der Waals surface area contributed by atoms with Crippen molar-refractivity contribution in [1.29, 1.82) is 0 Å². The predicted molar refractivity (Wildman–Crippen MR) is 134 cm³/mol. The molecule has 0 saturated heterocycles. The van der Waals surface area contributed by atoms with Gasteiger partial charge in [0, 0.05) is 13.1 Å². The molecule has 0 heterocycles. The third-order valence-electron chi connectivity index (χ3n) is 5.15. The van der Waals surface area contributed by atoms with Gasteiger partial charge in [0.2, 0.25) is 11.8 Å². The molecular weight excluding hydrogens is 450 g/mol. The van der Waals surface area contributed by atoms with Crippen molar-refractivity contribution in [3.05, 3.63) is 47.5 Å². The summed E-state index contributed by atoms with van der Waals surface area (Å²) in [7, 11) is 0. The van der Waals surface area contributed by atoms with Crippen LogP contribution in [0, 0.1) is 13.8 Å². The van der Waals surface area contributed by atoms with Gasteiger partial charge in [0.15, 0.2) is 0 Å². The van der Waals surface area contributed by atoms with Crippen molar-refractivity contribution < 1.29 is 28.7 Å². The Bertz CT molecular complexity index is 922. The van der Waals surface area contributed by atoms with E-state index in [9.17, 15) is 19.2 Å². The molecule has 0 bridgehead atoms. The SMILES string of the molecule is C=CCN(C(=O)C(C)NC(=O)OC(C)(C)C)C(C(=O)NCCC(=O)OCC)c1cccc(C)c1C. The van der Waals surface area contributed by atoms with E-state index in [-0.39, 0.29) is 26.1 Å². The average molecular weight is 490 g/mol. The van der Waals surface area contributed by atoms with Crippen molar-refractivity contribution in [1.82, 2.24) is 15.5 Å². The molecule has 0 aromatic heterocycles. The van der Waals surface area contributed by atoms with E-state index in [1.165, 1.54) is 17.9 Å². The van der Waals surface area contributed by atoms with Gasteiger partial charge in [0.1, 0.15) is 17.7 Å². The maximum atomic E-state index is 13.5. The summed E-state index contributed by atoms with van der Waals surface area (Å²) in [5.74, 6) is -1.37. The first-order valence-electron chi connectivity index (χ1n) is 11.7. The Morgan fingerprint density at radius 1 is 1.17 bits per heavy atom. The van der Waals surface area contributed by atoms with Crippen molar-refractivity contribution in [3.8, 4) is 0 Å². The molecule has 1 rings (SSSR count). The van der Waals surface area contributed by atoms with E-state index in [2.05, 4.69) is 17.2 Å². The molecule has 1 aromatic carbocycles. The van der Waals surface area contributed by atoms with Gasteiger partial charge in [-0.3, -0.25) is 14.4 Å². The van der Waals surface area contributed by atoms with Crippen LogP contribution in [0.4, 0.5) is 4.79 Å². The third-order valence-corrected chi connectivity index (χ3v) is 5.15. The molecule has 194 valence electrons. The summed E-state index contributed by atoms with van der Waals surface area (Å²) in [5, 5.41) is 5.28. The van der Waals surface area contributed by atoms with Crippen LogP contribution in [0.3, 0.4) is 0 Å². The van der Waals surface area contributed by atoms with Gasteiger partial charge in [-0.25, -0.2) is 4.79 Å². The predicted octanol–water partition coefficient (Wildman–Crippen LogP) is 3.34. The summed E-state index contributed by atoms with van der Waals surface area (Å²) in [6.45, 7) is 16.3. The zero-order valence-electron chi connectivity index (χ0n) is 21.9. The summed E-state index contributed by atoms with van der Waals surface area (Å²) in [5.41, 5.74) is 1.72. The molecule has 2 N–H and O–H groups in total. The van der Waals surface area contributed by atoms with E-state index in [0.717, 1.165) is 11.1 Å². The number of nitrogens with zero attached hydrogens (tertiary/aromatic N) is 1. The second-order valence-electron chi connectivity index (χ2n) is 9.18. The standard InChI is InChI=1S/C26H39N3O6/c1-9-16-29(24(32)19(5)28-25(33)35-26(6,7)8)22(20-13-11-12-17(3)18(20)4)23(31)27-15-14-21(30)34-10-2/h9,11-13,19,22H,1,10,14-16H2,2-8H3,(H,27,31)(H,28,33). The van der Waals surface area contributed by atoms with Crippen LogP contribution in [-0.2, 0) is 23.9 Å². The number of hydrogen-bond donors (Lipinski definition) is 2. The number of hydrogen-bond acceptors (Lipinski definition) is 6. The minimum absolute atomic E-state index is 0.00507. The maximum absolute atomic E-state index is 13.5. The van der Waals surface area contributed by atoms with E-state index in [0.29, 0.717) is 5.56 Å². The van der Waals surface area contributed by atoms with Crippen molar-refractivity contribution in [2.75, 3.05) is 19.7 Å². The minimum atomic E-state index is -1.01. The first-order valence-corrected chi connectivity index (χ1v) is 11.7. The summed E-state index contributed by atoms with van der Waals surface area (Å²) in [6.07, 6.45) is 0.784. The van der Waals surface area contributed by atoms with Crippen LogP contribution < -0.4 is 10.6 Å².